The molecule has 0 radical (unpaired) electrons. The summed E-state index contributed by atoms with van der Waals surface area (Å²) in [6.45, 7) is 2.32. The summed E-state index contributed by atoms with van der Waals surface area (Å²) < 4.78 is 42.0. The van der Waals surface area contributed by atoms with Crippen molar-refractivity contribution in [2.45, 2.75) is 18.4 Å². The Kier molecular flexibility index (Phi) is 4.64. The summed E-state index contributed by atoms with van der Waals surface area (Å²) >= 11 is 2.94. The number of hydrogen-bond donors (Lipinski definition) is 2. The molecule has 0 aliphatic heterocycles. The molecule has 1 heterocycles. The second kappa shape index (κ2) is 6.12. The van der Waals surface area contributed by atoms with Crippen molar-refractivity contribution in [2.24, 2.45) is 0 Å². The molecular weight excluding hydrogens is 363 g/mol. The highest BCUT2D eigenvalue weighted by Crippen LogP contribution is 2.25. The highest BCUT2D eigenvalue weighted by Gasteiger charge is 2.21. The molecule has 0 fully saturated rings. The van der Waals surface area contributed by atoms with Gasteiger partial charge < -0.3 is 5.73 Å². The Balaban J connectivity index is 2.12. The number of sulfonamides is 1. The lowest BCUT2D eigenvalue weighted by molar-refractivity contribution is 0.543. The van der Waals surface area contributed by atoms with Gasteiger partial charge in [0, 0.05) is 18.4 Å². The van der Waals surface area contributed by atoms with Gasteiger partial charge in [0.25, 0.3) is 0 Å². The molecule has 0 aliphatic carbocycles. The second-order valence-electron chi connectivity index (χ2n) is 4.49. The molecule has 0 saturated carbocycles. The van der Waals surface area contributed by atoms with Crippen molar-refractivity contribution in [1.82, 2.24) is 14.5 Å². The molecule has 1 aromatic carbocycles. The molecule has 0 bridgehead atoms. The van der Waals surface area contributed by atoms with Gasteiger partial charge in [-0.2, -0.15) is 5.10 Å². The van der Waals surface area contributed by atoms with Crippen LogP contribution in [0.25, 0.3) is 0 Å². The number of aromatic nitrogens is 2. The third-order valence-electron chi connectivity index (χ3n) is 2.70. The van der Waals surface area contributed by atoms with E-state index in [9.17, 15) is 12.8 Å². The van der Waals surface area contributed by atoms with Gasteiger partial charge >= 0.3 is 0 Å². The first-order valence-electron chi connectivity index (χ1n) is 6.03. The fourth-order valence-corrected chi connectivity index (χ4v) is 3.50. The summed E-state index contributed by atoms with van der Waals surface area (Å²) in [7, 11) is -3.98. The molecule has 0 atom stereocenters. The third-order valence-corrected chi connectivity index (χ3v) is 4.74. The van der Waals surface area contributed by atoms with Gasteiger partial charge in [-0.25, -0.2) is 17.5 Å². The topological polar surface area (TPSA) is 90.0 Å². The molecule has 0 saturated heterocycles. The molecule has 0 aliphatic rings. The Hall–Kier alpha value is -1.45. The van der Waals surface area contributed by atoms with Crippen LogP contribution in [0.5, 0.6) is 0 Å². The van der Waals surface area contributed by atoms with Gasteiger partial charge in [0.2, 0.25) is 10.0 Å². The molecule has 3 N–H and O–H groups in total. The Labute approximate surface area is 130 Å². The van der Waals surface area contributed by atoms with Crippen LogP contribution in [0.3, 0.4) is 0 Å². The number of rotatable bonds is 5. The van der Waals surface area contributed by atoms with E-state index >= 15 is 0 Å². The van der Waals surface area contributed by atoms with Crippen LogP contribution in [-0.4, -0.2) is 24.7 Å². The first kappa shape index (κ1) is 15.9. The third kappa shape index (κ3) is 3.80. The van der Waals surface area contributed by atoms with Crippen LogP contribution < -0.4 is 10.5 Å². The molecule has 0 spiro atoms. The molecule has 2 aromatic rings. The molecule has 0 unspecified atom stereocenters. The van der Waals surface area contributed by atoms with E-state index in [0.29, 0.717) is 6.54 Å². The zero-order chi connectivity index (χ0) is 15.6. The lowest BCUT2D eigenvalue weighted by atomic mass is 10.3. The van der Waals surface area contributed by atoms with Crippen molar-refractivity contribution in [2.75, 3.05) is 12.3 Å². The number of hydrogen-bond acceptors (Lipinski definition) is 4. The van der Waals surface area contributed by atoms with E-state index in [2.05, 4.69) is 25.8 Å². The highest BCUT2D eigenvalue weighted by molar-refractivity contribution is 9.10. The van der Waals surface area contributed by atoms with Crippen molar-refractivity contribution < 1.29 is 12.8 Å². The van der Waals surface area contributed by atoms with E-state index in [1.807, 2.05) is 6.92 Å². The number of nitrogen functional groups attached to an aromatic ring is 1. The van der Waals surface area contributed by atoms with E-state index in [-0.39, 0.29) is 16.7 Å². The number of nitrogens with zero attached hydrogens (tertiary/aromatic N) is 2. The van der Waals surface area contributed by atoms with Crippen molar-refractivity contribution >= 4 is 31.6 Å². The second-order valence-corrected chi connectivity index (χ2v) is 7.08. The largest absolute Gasteiger partial charge is 0.399 e. The number of aryl methyl sites for hydroxylation is 1. The maximum Gasteiger partial charge on any atom is 0.243 e. The van der Waals surface area contributed by atoms with Crippen LogP contribution in [0.15, 0.2) is 33.9 Å². The number of nitrogens with two attached hydrogens (primary N) is 1. The standard InChI is InChI=1S/C12H14BrFN4O2S/c1-8-6-16-18(7-8)3-2-17-21(19,20)11-5-9(15)4-10(13)12(11)14/h4-7,17H,2-3,15H2,1H3. The zero-order valence-electron chi connectivity index (χ0n) is 11.2. The maximum atomic E-state index is 13.9. The molecule has 6 nitrogen and oxygen atoms in total. The molecule has 9 heteroatoms. The number of nitrogens with one attached hydrogen (secondary N) is 1. The molecule has 0 amide bonds. The maximum absolute atomic E-state index is 13.9. The van der Waals surface area contributed by atoms with E-state index in [1.165, 1.54) is 6.07 Å². The Bertz CT molecular complexity index is 761. The van der Waals surface area contributed by atoms with Gasteiger partial charge in [0.15, 0.2) is 5.82 Å². The van der Waals surface area contributed by atoms with E-state index in [4.69, 9.17) is 5.73 Å². The first-order valence-corrected chi connectivity index (χ1v) is 8.30. The zero-order valence-corrected chi connectivity index (χ0v) is 13.6. The lowest BCUT2D eigenvalue weighted by Crippen LogP contribution is -2.28. The van der Waals surface area contributed by atoms with Gasteiger partial charge in [-0.1, -0.05) is 0 Å². The monoisotopic (exact) mass is 376 g/mol. The molecule has 1 aromatic heterocycles. The summed E-state index contributed by atoms with van der Waals surface area (Å²) in [4.78, 5) is -0.481. The normalized spacial score (nSPS) is 11.8. The summed E-state index contributed by atoms with van der Waals surface area (Å²) in [5.74, 6) is -0.869. The predicted molar refractivity (Wildman–Crippen MR) is 80.7 cm³/mol. The molecule has 114 valence electrons. The van der Waals surface area contributed by atoms with E-state index in [0.717, 1.165) is 11.6 Å². The van der Waals surface area contributed by atoms with E-state index < -0.39 is 20.7 Å². The molecule has 21 heavy (non-hydrogen) atoms. The van der Waals surface area contributed by atoms with Crippen molar-refractivity contribution in [3.05, 3.63) is 40.4 Å². The van der Waals surface area contributed by atoms with Crippen LogP contribution >= 0.6 is 15.9 Å². The number of benzene rings is 1. The summed E-state index contributed by atoms with van der Waals surface area (Å²) in [6.07, 6.45) is 3.45. The summed E-state index contributed by atoms with van der Waals surface area (Å²) in [6, 6.07) is 2.39. The van der Waals surface area contributed by atoms with Crippen LogP contribution in [0.4, 0.5) is 10.1 Å². The average molecular weight is 377 g/mol. The van der Waals surface area contributed by atoms with Gasteiger partial charge in [-0.05, 0) is 40.5 Å². The summed E-state index contributed by atoms with van der Waals surface area (Å²) in [5.41, 5.74) is 6.68. The van der Waals surface area contributed by atoms with Gasteiger partial charge in [0.1, 0.15) is 4.90 Å². The van der Waals surface area contributed by atoms with Gasteiger partial charge in [0.05, 0.1) is 17.2 Å². The average Bonchev–Trinajstić information content (AvgIpc) is 2.79. The minimum absolute atomic E-state index is 0.00516. The predicted octanol–water partition coefficient (Wildman–Crippen LogP) is 1.65. The fraction of sp³-hybridized carbons (Fsp3) is 0.250. The van der Waals surface area contributed by atoms with Crippen LogP contribution in [0.2, 0.25) is 0 Å². The fourth-order valence-electron chi connectivity index (χ4n) is 1.74. The Morgan fingerprint density at radius 1 is 1.48 bits per heavy atom. The van der Waals surface area contributed by atoms with Gasteiger partial charge in [-0.3, -0.25) is 4.68 Å². The van der Waals surface area contributed by atoms with Crippen molar-refractivity contribution in [1.29, 1.82) is 0 Å². The van der Waals surface area contributed by atoms with Crippen LogP contribution in [-0.2, 0) is 16.6 Å². The smallest absolute Gasteiger partial charge is 0.243 e. The van der Waals surface area contributed by atoms with Crippen LogP contribution in [0.1, 0.15) is 5.56 Å². The SMILES string of the molecule is Cc1cnn(CCNS(=O)(=O)c2cc(N)cc(Br)c2F)c1. The minimum Gasteiger partial charge on any atom is -0.399 e. The van der Waals surface area contributed by atoms with E-state index in [1.54, 1.807) is 17.1 Å². The Morgan fingerprint density at radius 3 is 2.81 bits per heavy atom. The molecular formula is C12H14BrFN4O2S. The molecule has 2 rings (SSSR count). The number of anilines is 1. The quantitative estimate of drug-likeness (QED) is 0.776. The summed E-state index contributed by atoms with van der Waals surface area (Å²) in [5, 5.41) is 4.03. The van der Waals surface area contributed by atoms with Crippen LogP contribution in [0, 0.1) is 12.7 Å². The van der Waals surface area contributed by atoms with Crippen molar-refractivity contribution in [3.63, 3.8) is 0 Å². The minimum atomic E-state index is -3.98. The van der Waals surface area contributed by atoms with Gasteiger partial charge in [-0.15, -0.1) is 0 Å². The number of halogens is 2. The lowest BCUT2D eigenvalue weighted by Gasteiger charge is -2.09. The highest BCUT2D eigenvalue weighted by atomic mass is 79.9. The Morgan fingerprint density at radius 2 is 2.19 bits per heavy atom. The first-order chi connectivity index (χ1) is 9.79. The van der Waals surface area contributed by atoms with Crippen molar-refractivity contribution in [3.8, 4) is 0 Å².